The summed E-state index contributed by atoms with van der Waals surface area (Å²) in [4.78, 5) is 25.5. The van der Waals surface area contributed by atoms with Gasteiger partial charge < -0.3 is 15.4 Å². The molecule has 2 aromatic carbocycles. The molecule has 1 fully saturated rings. The minimum Gasteiger partial charge on any atom is -0.374 e. The molecule has 1 heterocycles. The Bertz CT molecular complexity index is 762. The van der Waals surface area contributed by atoms with Crippen molar-refractivity contribution in [1.82, 2.24) is 10.6 Å². The van der Waals surface area contributed by atoms with E-state index >= 15 is 0 Å². The fourth-order valence-corrected chi connectivity index (χ4v) is 2.97. The quantitative estimate of drug-likeness (QED) is 0.704. The van der Waals surface area contributed by atoms with Gasteiger partial charge >= 0.3 is 6.03 Å². The maximum atomic E-state index is 12.2. The SMILES string of the molecule is CC(OCCCNC(=O)c1ccc(N2CCNC2=O)cc1)c1ccccc1. The molecule has 0 bridgehead atoms. The zero-order valence-corrected chi connectivity index (χ0v) is 15.5. The zero-order chi connectivity index (χ0) is 19.1. The molecule has 0 radical (unpaired) electrons. The van der Waals surface area contributed by atoms with Crippen LogP contribution in [0.1, 0.15) is 35.4 Å². The molecule has 1 unspecified atom stereocenters. The van der Waals surface area contributed by atoms with Crippen LogP contribution in [0.3, 0.4) is 0 Å². The molecule has 0 spiro atoms. The molecule has 1 saturated heterocycles. The van der Waals surface area contributed by atoms with Crippen molar-refractivity contribution < 1.29 is 14.3 Å². The van der Waals surface area contributed by atoms with Gasteiger partial charge in [0.2, 0.25) is 0 Å². The Morgan fingerprint density at radius 2 is 1.93 bits per heavy atom. The van der Waals surface area contributed by atoms with E-state index in [-0.39, 0.29) is 18.0 Å². The van der Waals surface area contributed by atoms with Gasteiger partial charge in [-0.3, -0.25) is 9.69 Å². The number of carbonyl (C=O) groups is 2. The molecule has 142 valence electrons. The van der Waals surface area contributed by atoms with Crippen molar-refractivity contribution in [2.45, 2.75) is 19.4 Å². The third-order valence-corrected chi connectivity index (χ3v) is 4.54. The maximum absolute atomic E-state index is 12.2. The highest BCUT2D eigenvalue weighted by Gasteiger charge is 2.21. The van der Waals surface area contributed by atoms with Crippen LogP contribution in [0, 0.1) is 0 Å². The molecule has 2 N–H and O–H groups in total. The first-order chi connectivity index (χ1) is 13.1. The van der Waals surface area contributed by atoms with Crippen molar-refractivity contribution in [3.63, 3.8) is 0 Å². The third-order valence-electron chi connectivity index (χ3n) is 4.54. The number of hydrogen-bond donors (Lipinski definition) is 2. The number of carbonyl (C=O) groups excluding carboxylic acids is 2. The molecule has 2 aromatic rings. The minimum absolute atomic E-state index is 0.0391. The lowest BCUT2D eigenvalue weighted by Gasteiger charge is -2.15. The Morgan fingerprint density at radius 1 is 1.19 bits per heavy atom. The predicted molar refractivity (Wildman–Crippen MR) is 105 cm³/mol. The number of urea groups is 1. The Balaban J connectivity index is 1.38. The molecule has 3 rings (SSSR count). The highest BCUT2D eigenvalue weighted by Crippen LogP contribution is 2.17. The van der Waals surface area contributed by atoms with Crippen molar-refractivity contribution in [1.29, 1.82) is 0 Å². The number of nitrogens with zero attached hydrogens (tertiary/aromatic N) is 1. The van der Waals surface area contributed by atoms with E-state index in [9.17, 15) is 9.59 Å². The maximum Gasteiger partial charge on any atom is 0.321 e. The minimum atomic E-state index is -0.122. The van der Waals surface area contributed by atoms with Crippen LogP contribution >= 0.6 is 0 Å². The van der Waals surface area contributed by atoms with Crippen molar-refractivity contribution in [2.75, 3.05) is 31.1 Å². The lowest BCUT2D eigenvalue weighted by molar-refractivity contribution is 0.0635. The molecular formula is C21H25N3O3. The average molecular weight is 367 g/mol. The second kappa shape index (κ2) is 9.19. The molecule has 27 heavy (non-hydrogen) atoms. The summed E-state index contributed by atoms with van der Waals surface area (Å²) in [5.74, 6) is -0.122. The molecule has 0 aliphatic carbocycles. The van der Waals surface area contributed by atoms with Crippen LogP contribution in [0.15, 0.2) is 54.6 Å². The molecule has 1 aliphatic rings. The number of rotatable bonds is 8. The fourth-order valence-electron chi connectivity index (χ4n) is 2.97. The number of benzene rings is 2. The molecule has 6 nitrogen and oxygen atoms in total. The van der Waals surface area contributed by atoms with Gasteiger partial charge in [0.1, 0.15) is 0 Å². The van der Waals surface area contributed by atoms with E-state index in [1.165, 1.54) is 0 Å². The molecule has 3 amide bonds. The first kappa shape index (κ1) is 18.9. The number of nitrogens with one attached hydrogen (secondary N) is 2. The van der Waals surface area contributed by atoms with Gasteiger partial charge in [0.15, 0.2) is 0 Å². The first-order valence-corrected chi connectivity index (χ1v) is 9.25. The van der Waals surface area contributed by atoms with Gasteiger partial charge in [-0.05, 0) is 43.2 Å². The monoisotopic (exact) mass is 367 g/mol. The van der Waals surface area contributed by atoms with E-state index in [4.69, 9.17) is 4.74 Å². The highest BCUT2D eigenvalue weighted by molar-refractivity contribution is 5.96. The summed E-state index contributed by atoms with van der Waals surface area (Å²) in [7, 11) is 0. The number of hydrogen-bond acceptors (Lipinski definition) is 3. The van der Waals surface area contributed by atoms with Crippen LogP contribution in [0.2, 0.25) is 0 Å². The van der Waals surface area contributed by atoms with E-state index in [0.29, 0.717) is 31.8 Å². The summed E-state index contributed by atoms with van der Waals surface area (Å²) in [6.07, 6.45) is 0.784. The average Bonchev–Trinajstić information content (AvgIpc) is 3.14. The zero-order valence-electron chi connectivity index (χ0n) is 15.5. The normalized spacial score (nSPS) is 14.7. The van der Waals surface area contributed by atoms with Crippen molar-refractivity contribution in [2.24, 2.45) is 0 Å². The van der Waals surface area contributed by atoms with E-state index in [1.807, 2.05) is 37.3 Å². The lowest BCUT2D eigenvalue weighted by atomic mass is 10.1. The van der Waals surface area contributed by atoms with Gasteiger partial charge in [0.25, 0.3) is 5.91 Å². The summed E-state index contributed by atoms with van der Waals surface area (Å²) in [5, 5.41) is 5.66. The third kappa shape index (κ3) is 5.08. The number of anilines is 1. The van der Waals surface area contributed by atoms with Gasteiger partial charge in [-0.25, -0.2) is 4.79 Å². The first-order valence-electron chi connectivity index (χ1n) is 9.25. The van der Waals surface area contributed by atoms with E-state index < -0.39 is 0 Å². The second-order valence-corrected chi connectivity index (χ2v) is 6.46. The van der Waals surface area contributed by atoms with Crippen LogP contribution in [0.25, 0.3) is 0 Å². The van der Waals surface area contributed by atoms with E-state index in [0.717, 1.165) is 17.7 Å². The summed E-state index contributed by atoms with van der Waals surface area (Å²) in [6, 6.07) is 17.0. The fraction of sp³-hybridized carbons (Fsp3) is 0.333. The van der Waals surface area contributed by atoms with Gasteiger partial charge in [-0.1, -0.05) is 30.3 Å². The number of ether oxygens (including phenoxy) is 1. The molecule has 0 saturated carbocycles. The highest BCUT2D eigenvalue weighted by atomic mass is 16.5. The van der Waals surface area contributed by atoms with Crippen molar-refractivity contribution in [3.8, 4) is 0 Å². The van der Waals surface area contributed by atoms with Crippen LogP contribution < -0.4 is 15.5 Å². The standard InChI is InChI=1S/C21H25N3O3/c1-16(17-6-3-2-4-7-17)27-15-5-12-22-20(25)18-8-10-19(11-9-18)24-14-13-23-21(24)26/h2-4,6-11,16H,5,12-15H2,1H3,(H,22,25)(H,23,26). The molecular weight excluding hydrogens is 342 g/mol. The summed E-state index contributed by atoms with van der Waals surface area (Å²) in [6.45, 7) is 4.45. The second-order valence-electron chi connectivity index (χ2n) is 6.46. The Labute approximate surface area is 159 Å². The molecule has 1 aliphatic heterocycles. The smallest absolute Gasteiger partial charge is 0.321 e. The molecule has 1 atom stereocenters. The predicted octanol–water partition coefficient (Wildman–Crippen LogP) is 3.11. The van der Waals surface area contributed by atoms with Crippen LogP contribution in [0.4, 0.5) is 10.5 Å². The Hall–Kier alpha value is -2.86. The Morgan fingerprint density at radius 3 is 2.59 bits per heavy atom. The largest absolute Gasteiger partial charge is 0.374 e. The van der Waals surface area contributed by atoms with E-state index in [1.54, 1.807) is 29.2 Å². The number of amides is 3. The Kier molecular flexibility index (Phi) is 6.44. The van der Waals surface area contributed by atoms with Crippen LogP contribution in [0.5, 0.6) is 0 Å². The van der Waals surface area contributed by atoms with Crippen molar-refractivity contribution >= 4 is 17.6 Å². The summed E-state index contributed by atoms with van der Waals surface area (Å²) >= 11 is 0. The molecule has 0 aromatic heterocycles. The molecule has 6 heteroatoms. The lowest BCUT2D eigenvalue weighted by Crippen LogP contribution is -2.28. The summed E-state index contributed by atoms with van der Waals surface area (Å²) < 4.78 is 5.80. The topological polar surface area (TPSA) is 70.7 Å². The van der Waals surface area contributed by atoms with Gasteiger partial charge in [-0.15, -0.1) is 0 Å². The van der Waals surface area contributed by atoms with Gasteiger partial charge in [-0.2, -0.15) is 0 Å². The summed E-state index contributed by atoms with van der Waals surface area (Å²) in [5.41, 5.74) is 2.52. The van der Waals surface area contributed by atoms with E-state index in [2.05, 4.69) is 10.6 Å². The van der Waals surface area contributed by atoms with Crippen molar-refractivity contribution in [3.05, 3.63) is 65.7 Å². The van der Waals surface area contributed by atoms with Gasteiger partial charge in [0.05, 0.1) is 6.10 Å². The van der Waals surface area contributed by atoms with Crippen LogP contribution in [-0.2, 0) is 4.74 Å². The van der Waals surface area contributed by atoms with Crippen LogP contribution in [-0.4, -0.2) is 38.2 Å². The van der Waals surface area contributed by atoms with Gasteiger partial charge in [0, 0.05) is 37.5 Å².